The number of hydrogen-bond donors (Lipinski definition) is 2. The first-order valence-electron chi connectivity index (χ1n) is 6.21. The molecular formula is C14H19NO4. The summed E-state index contributed by atoms with van der Waals surface area (Å²) in [4.78, 5) is 12.5. The lowest BCUT2D eigenvalue weighted by Gasteiger charge is -2.46. The lowest BCUT2D eigenvalue weighted by Crippen LogP contribution is -2.57. The maximum Gasteiger partial charge on any atom is 0.317 e. The minimum Gasteiger partial charge on any atom is -0.486 e. The third-order valence-corrected chi connectivity index (χ3v) is 3.48. The lowest BCUT2D eigenvalue weighted by atomic mass is 9.85. The van der Waals surface area contributed by atoms with Crippen molar-refractivity contribution >= 4 is 5.97 Å². The van der Waals surface area contributed by atoms with Crippen LogP contribution in [0.25, 0.3) is 0 Å². The molecule has 2 unspecified atom stereocenters. The van der Waals surface area contributed by atoms with Crippen molar-refractivity contribution < 1.29 is 19.7 Å². The predicted molar refractivity (Wildman–Crippen MR) is 70.2 cm³/mol. The minimum atomic E-state index is -0.927. The van der Waals surface area contributed by atoms with Gasteiger partial charge in [-0.05, 0) is 27.0 Å². The predicted octanol–water partition coefficient (Wildman–Crippen LogP) is 1.28. The molecule has 2 atom stereocenters. The van der Waals surface area contributed by atoms with Gasteiger partial charge in [0.2, 0.25) is 0 Å². The summed E-state index contributed by atoms with van der Waals surface area (Å²) in [7, 11) is 1.68. The van der Waals surface area contributed by atoms with E-state index in [1.165, 1.54) is 0 Å². The normalized spacial score (nSPS) is 24.7. The van der Waals surface area contributed by atoms with Crippen LogP contribution in [0.1, 0.15) is 25.5 Å². The first-order chi connectivity index (χ1) is 8.83. The van der Waals surface area contributed by atoms with Crippen molar-refractivity contribution in [1.29, 1.82) is 0 Å². The number of para-hydroxylation sites is 1. The summed E-state index contributed by atoms with van der Waals surface area (Å²) >= 11 is 0. The summed E-state index contributed by atoms with van der Waals surface area (Å²) in [5.41, 5.74) is 0.0295. The van der Waals surface area contributed by atoms with E-state index < -0.39 is 23.7 Å². The van der Waals surface area contributed by atoms with E-state index in [1.807, 2.05) is 32.0 Å². The molecule has 104 valence electrons. The smallest absolute Gasteiger partial charge is 0.317 e. The van der Waals surface area contributed by atoms with Crippen molar-refractivity contribution in [2.24, 2.45) is 0 Å². The number of carbonyl (C=O) groups is 1. The second-order valence-corrected chi connectivity index (χ2v) is 5.44. The standard InChI is InChI=1S/C14H19NO4/c1-14(2)13(15(3)8-11(16)17)12(18)9-6-4-5-7-10(9)19-14/h4-7,12-13,18H,8H2,1-3H3,(H,16,17). The molecule has 0 saturated carbocycles. The molecule has 0 bridgehead atoms. The SMILES string of the molecule is CN(CC(=O)O)C1C(O)c2ccccc2OC1(C)C. The summed E-state index contributed by atoms with van der Waals surface area (Å²) < 4.78 is 5.91. The molecule has 0 saturated heterocycles. The Morgan fingerprint density at radius 3 is 2.68 bits per heavy atom. The Balaban J connectivity index is 2.36. The van der Waals surface area contributed by atoms with Crippen molar-refractivity contribution in [2.75, 3.05) is 13.6 Å². The Hall–Kier alpha value is -1.59. The first-order valence-corrected chi connectivity index (χ1v) is 6.21. The van der Waals surface area contributed by atoms with Crippen molar-refractivity contribution in [2.45, 2.75) is 31.6 Å². The molecule has 5 nitrogen and oxygen atoms in total. The van der Waals surface area contributed by atoms with Crippen LogP contribution in [0, 0.1) is 0 Å². The van der Waals surface area contributed by atoms with Gasteiger partial charge in [-0.15, -0.1) is 0 Å². The number of aliphatic hydroxyl groups excluding tert-OH is 1. The maximum absolute atomic E-state index is 10.9. The number of fused-ring (bicyclic) bond motifs is 1. The van der Waals surface area contributed by atoms with Gasteiger partial charge < -0.3 is 14.9 Å². The zero-order valence-corrected chi connectivity index (χ0v) is 11.3. The number of aliphatic hydroxyl groups is 1. The Labute approximate surface area is 112 Å². The Morgan fingerprint density at radius 2 is 2.05 bits per heavy atom. The topological polar surface area (TPSA) is 70.0 Å². The van der Waals surface area contributed by atoms with E-state index in [1.54, 1.807) is 18.0 Å². The molecule has 5 heteroatoms. The van der Waals surface area contributed by atoms with E-state index in [0.29, 0.717) is 11.3 Å². The highest BCUT2D eigenvalue weighted by molar-refractivity contribution is 5.69. The van der Waals surface area contributed by atoms with Gasteiger partial charge in [-0.1, -0.05) is 18.2 Å². The number of hydrogen-bond acceptors (Lipinski definition) is 4. The molecule has 1 aromatic carbocycles. The molecule has 0 spiro atoms. The van der Waals surface area contributed by atoms with Gasteiger partial charge in [0, 0.05) is 5.56 Å². The van der Waals surface area contributed by atoms with Crippen LogP contribution < -0.4 is 4.74 Å². The van der Waals surface area contributed by atoms with Crippen LogP contribution in [0.2, 0.25) is 0 Å². The van der Waals surface area contributed by atoms with Gasteiger partial charge in [-0.3, -0.25) is 9.69 Å². The molecule has 0 fully saturated rings. The number of likely N-dealkylation sites (N-methyl/N-ethyl adjacent to an activating group) is 1. The molecule has 1 aromatic rings. The molecule has 0 aromatic heterocycles. The summed E-state index contributed by atoms with van der Waals surface area (Å²) in [5.74, 6) is -0.274. The van der Waals surface area contributed by atoms with Gasteiger partial charge in [-0.25, -0.2) is 0 Å². The second-order valence-electron chi connectivity index (χ2n) is 5.44. The Kier molecular flexibility index (Phi) is 3.52. The quantitative estimate of drug-likeness (QED) is 0.861. The minimum absolute atomic E-state index is 0.142. The van der Waals surface area contributed by atoms with Crippen molar-refractivity contribution in [1.82, 2.24) is 4.90 Å². The number of rotatable bonds is 3. The van der Waals surface area contributed by atoms with Crippen molar-refractivity contribution in [3.05, 3.63) is 29.8 Å². The van der Waals surface area contributed by atoms with Gasteiger partial charge in [0.15, 0.2) is 0 Å². The summed E-state index contributed by atoms with van der Waals surface area (Å²) in [5, 5.41) is 19.4. The van der Waals surface area contributed by atoms with E-state index in [9.17, 15) is 9.90 Å². The highest BCUT2D eigenvalue weighted by atomic mass is 16.5. The molecule has 1 aliphatic rings. The fourth-order valence-electron chi connectivity index (χ4n) is 2.80. The molecular weight excluding hydrogens is 246 g/mol. The van der Waals surface area contributed by atoms with Gasteiger partial charge >= 0.3 is 5.97 Å². The van der Waals surface area contributed by atoms with E-state index in [4.69, 9.17) is 9.84 Å². The third-order valence-electron chi connectivity index (χ3n) is 3.48. The molecule has 0 aliphatic carbocycles. The average Bonchev–Trinajstić information content (AvgIpc) is 2.26. The van der Waals surface area contributed by atoms with E-state index in [2.05, 4.69) is 0 Å². The number of aliphatic carboxylic acids is 1. The zero-order chi connectivity index (χ0) is 14.2. The largest absolute Gasteiger partial charge is 0.486 e. The van der Waals surface area contributed by atoms with Crippen LogP contribution in [0.5, 0.6) is 5.75 Å². The summed E-state index contributed by atoms with van der Waals surface area (Å²) in [6.45, 7) is 3.57. The fraction of sp³-hybridized carbons (Fsp3) is 0.500. The first kappa shape index (κ1) is 13.8. The van der Waals surface area contributed by atoms with Crippen LogP contribution >= 0.6 is 0 Å². The van der Waals surface area contributed by atoms with Crippen LogP contribution in [-0.4, -0.2) is 46.3 Å². The second kappa shape index (κ2) is 4.83. The highest BCUT2D eigenvalue weighted by Crippen LogP contribution is 2.41. The van der Waals surface area contributed by atoms with E-state index >= 15 is 0 Å². The number of ether oxygens (including phenoxy) is 1. The monoisotopic (exact) mass is 265 g/mol. The molecule has 1 aliphatic heterocycles. The number of carboxylic acids is 1. The molecule has 0 amide bonds. The number of carboxylic acid groups (broad SMARTS) is 1. The van der Waals surface area contributed by atoms with Crippen LogP contribution in [0.15, 0.2) is 24.3 Å². The lowest BCUT2D eigenvalue weighted by molar-refractivity contribution is -0.142. The Bertz CT molecular complexity index is 486. The molecule has 19 heavy (non-hydrogen) atoms. The third kappa shape index (κ3) is 2.57. The van der Waals surface area contributed by atoms with Crippen molar-refractivity contribution in [3.8, 4) is 5.75 Å². The van der Waals surface area contributed by atoms with E-state index in [-0.39, 0.29) is 6.54 Å². The van der Waals surface area contributed by atoms with Crippen LogP contribution in [0.4, 0.5) is 0 Å². The molecule has 0 radical (unpaired) electrons. The zero-order valence-electron chi connectivity index (χ0n) is 11.3. The highest BCUT2D eigenvalue weighted by Gasteiger charge is 2.45. The van der Waals surface area contributed by atoms with E-state index in [0.717, 1.165) is 0 Å². The van der Waals surface area contributed by atoms with Crippen LogP contribution in [-0.2, 0) is 4.79 Å². The number of benzene rings is 1. The molecule has 2 N–H and O–H groups in total. The summed E-state index contributed by atoms with van der Waals surface area (Å²) in [6, 6.07) is 6.88. The average molecular weight is 265 g/mol. The van der Waals surface area contributed by atoms with Crippen molar-refractivity contribution in [3.63, 3.8) is 0 Å². The number of nitrogens with zero attached hydrogens (tertiary/aromatic N) is 1. The van der Waals surface area contributed by atoms with Gasteiger partial charge in [-0.2, -0.15) is 0 Å². The molecule has 2 rings (SSSR count). The molecule has 1 heterocycles. The van der Waals surface area contributed by atoms with Gasteiger partial charge in [0.05, 0.1) is 12.6 Å². The van der Waals surface area contributed by atoms with Gasteiger partial charge in [0.25, 0.3) is 0 Å². The fourth-order valence-corrected chi connectivity index (χ4v) is 2.80. The summed E-state index contributed by atoms with van der Waals surface area (Å²) in [6.07, 6.45) is -0.774. The maximum atomic E-state index is 10.9. The van der Waals surface area contributed by atoms with Gasteiger partial charge in [0.1, 0.15) is 17.5 Å². The van der Waals surface area contributed by atoms with Crippen LogP contribution in [0.3, 0.4) is 0 Å². The Morgan fingerprint density at radius 1 is 1.42 bits per heavy atom.